The van der Waals surface area contributed by atoms with E-state index in [0.29, 0.717) is 0 Å². The molecule has 0 bridgehead atoms. The highest BCUT2D eigenvalue weighted by atomic mass is 32.2. The van der Waals surface area contributed by atoms with Crippen LogP contribution in [-0.2, 0) is 21.4 Å². The van der Waals surface area contributed by atoms with Gasteiger partial charge >= 0.3 is 0 Å². The molecule has 1 aromatic heterocycles. The van der Waals surface area contributed by atoms with E-state index in [0.717, 1.165) is 5.56 Å². The first-order valence-electron chi connectivity index (χ1n) is 8.93. The summed E-state index contributed by atoms with van der Waals surface area (Å²) in [5, 5.41) is 10.9. The van der Waals surface area contributed by atoms with Gasteiger partial charge in [0.2, 0.25) is 5.91 Å². The number of pyridine rings is 1. The van der Waals surface area contributed by atoms with Gasteiger partial charge in [0.05, 0.1) is 15.9 Å². The van der Waals surface area contributed by atoms with E-state index in [1.54, 1.807) is 12.1 Å². The lowest BCUT2D eigenvalue weighted by Crippen LogP contribution is -2.28. The van der Waals surface area contributed by atoms with Gasteiger partial charge in [-0.2, -0.15) is 8.42 Å². The molecule has 160 valence electrons. The highest BCUT2D eigenvalue weighted by Crippen LogP contribution is 2.24. The monoisotopic (exact) mass is 442 g/mol. The number of aromatic nitrogens is 1. The largest absolute Gasteiger partial charge is 0.456 e. The topological polar surface area (TPSA) is 147 Å². The van der Waals surface area contributed by atoms with Gasteiger partial charge in [0, 0.05) is 12.3 Å². The van der Waals surface area contributed by atoms with Crippen LogP contribution in [0.4, 0.5) is 5.69 Å². The van der Waals surface area contributed by atoms with Crippen LogP contribution >= 0.6 is 0 Å². The zero-order chi connectivity index (χ0) is 22.6. The van der Waals surface area contributed by atoms with Crippen molar-refractivity contribution in [3.8, 4) is 11.5 Å². The van der Waals surface area contributed by atoms with E-state index in [2.05, 4.69) is 4.40 Å². The Labute approximate surface area is 177 Å². The molecule has 0 radical (unpaired) electrons. The van der Waals surface area contributed by atoms with E-state index in [4.69, 9.17) is 10.5 Å². The molecule has 0 unspecified atom stereocenters. The summed E-state index contributed by atoms with van der Waals surface area (Å²) in [6, 6.07) is 14.5. The molecular formula is C20H18N4O6S. The molecule has 0 atom stereocenters. The molecule has 1 amide bonds. The van der Waals surface area contributed by atoms with Crippen LogP contribution < -0.4 is 16.0 Å². The summed E-state index contributed by atoms with van der Waals surface area (Å²) in [7, 11) is -4.04. The SMILES string of the molecule is Cc1ccc(S(=O)(=O)/N=c2\ccc(Oc3cccc([N+](=O)[O-])c3)cn2CC(N)=O)cc1. The Hall–Kier alpha value is -3.99. The van der Waals surface area contributed by atoms with Crippen molar-refractivity contribution in [3.63, 3.8) is 0 Å². The second kappa shape index (κ2) is 8.79. The van der Waals surface area contributed by atoms with Crippen molar-refractivity contribution in [2.75, 3.05) is 0 Å². The normalized spacial score (nSPS) is 11.8. The van der Waals surface area contributed by atoms with Gasteiger partial charge in [-0.15, -0.1) is 4.40 Å². The van der Waals surface area contributed by atoms with Crippen LogP contribution in [0, 0.1) is 17.0 Å². The first-order valence-corrected chi connectivity index (χ1v) is 10.4. The summed E-state index contributed by atoms with van der Waals surface area (Å²) in [6.07, 6.45) is 1.34. The summed E-state index contributed by atoms with van der Waals surface area (Å²) in [6.45, 7) is 1.48. The zero-order valence-corrected chi connectivity index (χ0v) is 17.2. The van der Waals surface area contributed by atoms with Crippen molar-refractivity contribution in [2.24, 2.45) is 10.1 Å². The van der Waals surface area contributed by atoms with Gasteiger partial charge in [-0.1, -0.05) is 23.8 Å². The number of carbonyl (C=O) groups is 1. The van der Waals surface area contributed by atoms with Gasteiger partial charge in [0.1, 0.15) is 23.5 Å². The van der Waals surface area contributed by atoms with E-state index in [9.17, 15) is 23.3 Å². The van der Waals surface area contributed by atoms with Crippen LogP contribution in [0.2, 0.25) is 0 Å². The fraction of sp³-hybridized carbons (Fsp3) is 0.100. The minimum absolute atomic E-state index is 0.000599. The van der Waals surface area contributed by atoms with E-state index >= 15 is 0 Å². The fourth-order valence-electron chi connectivity index (χ4n) is 2.64. The van der Waals surface area contributed by atoms with Gasteiger partial charge in [-0.05, 0) is 37.3 Å². The molecule has 0 aliphatic carbocycles. The molecule has 31 heavy (non-hydrogen) atoms. The number of sulfonamides is 1. The Balaban J connectivity index is 2.01. The molecule has 10 nitrogen and oxygen atoms in total. The van der Waals surface area contributed by atoms with Crippen LogP contribution in [-0.4, -0.2) is 23.8 Å². The summed E-state index contributed by atoms with van der Waals surface area (Å²) in [5.74, 6) is -0.327. The minimum Gasteiger partial charge on any atom is -0.456 e. The lowest BCUT2D eigenvalue weighted by atomic mass is 10.2. The van der Waals surface area contributed by atoms with E-state index in [-0.39, 0.29) is 34.1 Å². The van der Waals surface area contributed by atoms with Crippen molar-refractivity contribution in [1.29, 1.82) is 0 Å². The first-order chi connectivity index (χ1) is 14.6. The molecule has 1 heterocycles. The Morgan fingerprint density at radius 2 is 1.84 bits per heavy atom. The predicted molar refractivity (Wildman–Crippen MR) is 111 cm³/mol. The summed E-state index contributed by atoms with van der Waals surface area (Å²) in [4.78, 5) is 21.8. The quantitative estimate of drug-likeness (QED) is 0.438. The lowest BCUT2D eigenvalue weighted by Gasteiger charge is -2.10. The van der Waals surface area contributed by atoms with Crippen LogP contribution in [0.15, 0.2) is 76.2 Å². The number of nitro benzene ring substituents is 1. The third-order valence-corrected chi connectivity index (χ3v) is 5.39. The number of aryl methyl sites for hydroxylation is 1. The number of hydrogen-bond acceptors (Lipinski definition) is 6. The van der Waals surface area contributed by atoms with Crippen molar-refractivity contribution in [2.45, 2.75) is 18.4 Å². The zero-order valence-electron chi connectivity index (χ0n) is 16.3. The number of primary amides is 1. The highest BCUT2D eigenvalue weighted by Gasteiger charge is 2.14. The Morgan fingerprint density at radius 1 is 1.13 bits per heavy atom. The average molecular weight is 442 g/mol. The third-order valence-electron chi connectivity index (χ3n) is 4.10. The van der Waals surface area contributed by atoms with E-state index in [1.165, 1.54) is 59.3 Å². The molecule has 0 fully saturated rings. The summed E-state index contributed by atoms with van der Waals surface area (Å²) >= 11 is 0. The van der Waals surface area contributed by atoms with Crippen molar-refractivity contribution >= 4 is 21.6 Å². The Kier molecular flexibility index (Phi) is 6.16. The second-order valence-corrected chi connectivity index (χ2v) is 8.16. The number of non-ortho nitro benzene ring substituents is 1. The van der Waals surface area contributed by atoms with E-state index in [1.807, 2.05) is 6.92 Å². The maximum absolute atomic E-state index is 12.6. The molecule has 3 rings (SSSR count). The van der Waals surface area contributed by atoms with Gasteiger partial charge < -0.3 is 15.0 Å². The number of nitrogens with zero attached hydrogens (tertiary/aromatic N) is 3. The number of ether oxygens (including phenoxy) is 1. The van der Waals surface area contributed by atoms with Crippen molar-refractivity contribution in [1.82, 2.24) is 4.57 Å². The van der Waals surface area contributed by atoms with Crippen LogP contribution in [0.3, 0.4) is 0 Å². The Morgan fingerprint density at radius 3 is 2.48 bits per heavy atom. The van der Waals surface area contributed by atoms with E-state index < -0.39 is 20.9 Å². The molecule has 0 saturated heterocycles. The molecule has 0 aliphatic rings. The number of amides is 1. The van der Waals surface area contributed by atoms with Crippen LogP contribution in [0.25, 0.3) is 0 Å². The molecule has 11 heteroatoms. The van der Waals surface area contributed by atoms with Crippen LogP contribution in [0.5, 0.6) is 11.5 Å². The molecule has 0 aliphatic heterocycles. The second-order valence-electron chi connectivity index (χ2n) is 6.55. The fourth-order valence-corrected chi connectivity index (χ4v) is 3.63. The molecule has 0 spiro atoms. The molecule has 2 aromatic carbocycles. The standard InChI is InChI=1S/C20H18N4O6S/c1-14-5-8-18(9-6-14)31(28,29)22-20-10-7-17(12-23(20)13-19(21)25)30-16-4-2-3-15(11-16)24(26)27/h2-12H,13H2,1H3,(H2,21,25)/b22-20+. The smallest absolute Gasteiger partial charge is 0.284 e. The van der Waals surface area contributed by atoms with Crippen molar-refractivity contribution in [3.05, 3.63) is 88.0 Å². The van der Waals surface area contributed by atoms with Crippen molar-refractivity contribution < 1.29 is 22.9 Å². The maximum Gasteiger partial charge on any atom is 0.284 e. The summed E-state index contributed by atoms with van der Waals surface area (Å²) < 4.78 is 35.9. The third kappa shape index (κ3) is 5.54. The molecule has 2 N–H and O–H groups in total. The predicted octanol–water partition coefficient (Wildman–Crippen LogP) is 2.27. The number of rotatable bonds is 7. The van der Waals surface area contributed by atoms with Gasteiger partial charge in [-0.25, -0.2) is 0 Å². The lowest BCUT2D eigenvalue weighted by molar-refractivity contribution is -0.384. The molecular weight excluding hydrogens is 424 g/mol. The molecule has 3 aromatic rings. The highest BCUT2D eigenvalue weighted by molar-refractivity contribution is 7.90. The summed E-state index contributed by atoms with van der Waals surface area (Å²) in [5.41, 5.74) is 5.98. The van der Waals surface area contributed by atoms with Crippen LogP contribution in [0.1, 0.15) is 5.56 Å². The number of benzene rings is 2. The molecule has 0 saturated carbocycles. The van der Waals surface area contributed by atoms with Gasteiger partial charge in [-0.3, -0.25) is 14.9 Å². The number of hydrogen-bond donors (Lipinski definition) is 1. The number of nitrogens with two attached hydrogens (primary N) is 1. The first kappa shape index (κ1) is 21.7. The number of nitro groups is 1. The average Bonchev–Trinajstić information content (AvgIpc) is 2.70. The Bertz CT molecular complexity index is 1310. The maximum atomic E-state index is 12.6. The number of carbonyl (C=O) groups excluding carboxylic acids is 1. The van der Waals surface area contributed by atoms with Gasteiger partial charge in [0.25, 0.3) is 15.7 Å². The van der Waals surface area contributed by atoms with Gasteiger partial charge in [0.15, 0.2) is 0 Å². The minimum atomic E-state index is -4.04.